The van der Waals surface area contributed by atoms with Gasteiger partial charge in [0.05, 0.1) is 13.2 Å². The van der Waals surface area contributed by atoms with E-state index in [1.807, 2.05) is 0 Å². The first kappa shape index (κ1) is 18.6. The smallest absolute Gasteiger partial charge is 0.271 e. The third kappa shape index (κ3) is 4.88. The molecule has 1 aliphatic rings. The van der Waals surface area contributed by atoms with E-state index in [1.54, 1.807) is 7.11 Å². The number of nitrogens with one attached hydrogen (secondary N) is 1. The van der Waals surface area contributed by atoms with E-state index in [1.165, 1.54) is 36.1 Å². The average molecular weight is 336 g/mol. The molecule has 0 atom stereocenters. The van der Waals surface area contributed by atoms with Gasteiger partial charge in [-0.15, -0.1) is 0 Å². The predicted molar refractivity (Wildman–Crippen MR) is 92.2 cm³/mol. The van der Waals surface area contributed by atoms with Gasteiger partial charge in [0.15, 0.2) is 0 Å². The van der Waals surface area contributed by atoms with Crippen molar-refractivity contribution in [3.63, 3.8) is 0 Å². The number of carbonyl (C=O) groups is 1. The van der Waals surface area contributed by atoms with Crippen molar-refractivity contribution in [2.75, 3.05) is 33.4 Å². The average Bonchev–Trinajstić information content (AvgIpc) is 2.60. The van der Waals surface area contributed by atoms with Crippen LogP contribution in [-0.2, 0) is 11.3 Å². The molecule has 0 unspecified atom stereocenters. The number of methoxy groups -OCH3 is 1. The minimum Gasteiger partial charge on any atom is -0.383 e. The molecule has 0 saturated carbocycles. The molecule has 1 aliphatic heterocycles. The van der Waals surface area contributed by atoms with Crippen LogP contribution in [0.5, 0.6) is 0 Å². The number of aromatic nitrogens is 2. The van der Waals surface area contributed by atoms with Crippen molar-refractivity contribution in [3.8, 4) is 0 Å². The summed E-state index contributed by atoms with van der Waals surface area (Å²) in [5.41, 5.74) is -0.0852. The van der Waals surface area contributed by atoms with E-state index < -0.39 is 0 Å². The van der Waals surface area contributed by atoms with Crippen LogP contribution >= 0.6 is 0 Å². The molecule has 7 heteroatoms. The van der Waals surface area contributed by atoms with Gasteiger partial charge in [-0.25, -0.2) is 4.68 Å². The minimum atomic E-state index is -0.258. The van der Waals surface area contributed by atoms with Crippen LogP contribution in [0.2, 0.25) is 0 Å². The van der Waals surface area contributed by atoms with E-state index in [4.69, 9.17) is 4.74 Å². The molecule has 24 heavy (non-hydrogen) atoms. The molecular weight excluding hydrogens is 308 g/mol. The summed E-state index contributed by atoms with van der Waals surface area (Å²) in [6, 6.07) is 2.84. The summed E-state index contributed by atoms with van der Waals surface area (Å²) in [4.78, 5) is 26.5. The fourth-order valence-electron chi connectivity index (χ4n) is 2.91. The zero-order valence-electron chi connectivity index (χ0n) is 14.9. The molecule has 1 aromatic rings. The largest absolute Gasteiger partial charge is 0.383 e. The number of amides is 1. The second-order valence-corrected chi connectivity index (χ2v) is 6.82. The summed E-state index contributed by atoms with van der Waals surface area (Å²) in [5.74, 6) is -0.258. The first-order chi connectivity index (χ1) is 11.4. The molecule has 0 spiro atoms. The van der Waals surface area contributed by atoms with Gasteiger partial charge in [-0.3, -0.25) is 14.5 Å². The number of rotatable bonds is 7. The Morgan fingerprint density at radius 1 is 1.29 bits per heavy atom. The van der Waals surface area contributed by atoms with Crippen LogP contribution < -0.4 is 10.9 Å². The first-order valence-corrected chi connectivity index (χ1v) is 8.54. The van der Waals surface area contributed by atoms with Crippen LogP contribution in [0.1, 0.15) is 43.6 Å². The third-order valence-corrected chi connectivity index (χ3v) is 4.50. The number of likely N-dealkylation sites (tertiary alicyclic amines) is 1. The number of nitrogens with zero attached hydrogens (tertiary/aromatic N) is 3. The maximum atomic E-state index is 12.4. The van der Waals surface area contributed by atoms with E-state index >= 15 is 0 Å². The Morgan fingerprint density at radius 3 is 2.67 bits per heavy atom. The van der Waals surface area contributed by atoms with Crippen molar-refractivity contribution in [2.24, 2.45) is 0 Å². The molecule has 1 saturated heterocycles. The lowest BCUT2D eigenvalue weighted by Crippen LogP contribution is -2.53. The van der Waals surface area contributed by atoms with E-state index in [2.05, 4.69) is 29.2 Å². The van der Waals surface area contributed by atoms with Crippen molar-refractivity contribution >= 4 is 5.91 Å². The molecule has 1 fully saturated rings. The van der Waals surface area contributed by atoms with Crippen molar-refractivity contribution < 1.29 is 9.53 Å². The lowest BCUT2D eigenvalue weighted by molar-refractivity contribution is 0.0792. The first-order valence-electron chi connectivity index (χ1n) is 8.54. The number of ether oxygens (including phenoxy) is 1. The van der Waals surface area contributed by atoms with Gasteiger partial charge in [-0.2, -0.15) is 5.10 Å². The van der Waals surface area contributed by atoms with Gasteiger partial charge in [-0.05, 0) is 45.8 Å². The highest BCUT2D eigenvalue weighted by atomic mass is 16.5. The van der Waals surface area contributed by atoms with Crippen LogP contribution in [-0.4, -0.2) is 59.5 Å². The Bertz CT molecular complexity index is 606. The van der Waals surface area contributed by atoms with E-state index in [0.29, 0.717) is 19.7 Å². The van der Waals surface area contributed by atoms with Gasteiger partial charge in [0.25, 0.3) is 11.5 Å². The monoisotopic (exact) mass is 336 g/mol. The fraction of sp³-hybridized carbons (Fsp3) is 0.706. The number of carbonyl (C=O) groups excluding carboxylic acids is 1. The van der Waals surface area contributed by atoms with Crippen molar-refractivity contribution in [1.29, 1.82) is 0 Å². The number of piperidine rings is 1. The number of hydrogen-bond acceptors (Lipinski definition) is 5. The Labute approximate surface area is 143 Å². The molecule has 2 rings (SSSR count). The Kier molecular flexibility index (Phi) is 6.51. The summed E-state index contributed by atoms with van der Waals surface area (Å²) in [5, 5.41) is 7.07. The van der Waals surface area contributed by atoms with Crippen LogP contribution in [0.4, 0.5) is 0 Å². The van der Waals surface area contributed by atoms with E-state index in [-0.39, 0.29) is 22.7 Å². The van der Waals surface area contributed by atoms with Crippen molar-refractivity contribution in [2.45, 2.75) is 45.2 Å². The maximum absolute atomic E-state index is 12.4. The molecule has 2 heterocycles. The van der Waals surface area contributed by atoms with E-state index in [9.17, 15) is 9.59 Å². The maximum Gasteiger partial charge on any atom is 0.271 e. The molecule has 0 aromatic carbocycles. The third-order valence-electron chi connectivity index (χ3n) is 4.50. The Balaban J connectivity index is 1.97. The molecule has 0 radical (unpaired) electrons. The lowest BCUT2D eigenvalue weighted by Gasteiger charge is -2.41. The van der Waals surface area contributed by atoms with Crippen LogP contribution in [0.15, 0.2) is 16.9 Å². The standard InChI is InChI=1S/C17H28N4O3/c1-17(2,20-9-5-4-6-10-20)13-18-16(23)14-7-8-15(22)21(19-14)11-12-24-3/h7-8H,4-6,9-13H2,1-3H3,(H,18,23). The molecular formula is C17H28N4O3. The highest BCUT2D eigenvalue weighted by Gasteiger charge is 2.28. The zero-order chi connectivity index (χ0) is 17.6. The molecule has 0 bridgehead atoms. The number of hydrogen-bond donors (Lipinski definition) is 1. The van der Waals surface area contributed by atoms with Gasteiger partial charge in [-0.1, -0.05) is 6.42 Å². The zero-order valence-corrected chi connectivity index (χ0v) is 14.9. The summed E-state index contributed by atoms with van der Waals surface area (Å²) < 4.78 is 6.21. The fourth-order valence-corrected chi connectivity index (χ4v) is 2.91. The lowest BCUT2D eigenvalue weighted by atomic mass is 9.98. The molecule has 0 aliphatic carbocycles. The molecule has 1 aromatic heterocycles. The normalized spacial score (nSPS) is 16.1. The second kappa shape index (κ2) is 8.39. The van der Waals surface area contributed by atoms with E-state index in [0.717, 1.165) is 13.1 Å². The van der Waals surface area contributed by atoms with Crippen molar-refractivity contribution in [1.82, 2.24) is 20.0 Å². The van der Waals surface area contributed by atoms with Crippen LogP contribution in [0, 0.1) is 0 Å². The summed E-state index contributed by atoms with van der Waals surface area (Å²) in [6.07, 6.45) is 3.71. The molecule has 1 amide bonds. The van der Waals surface area contributed by atoms with Crippen LogP contribution in [0.25, 0.3) is 0 Å². The summed E-state index contributed by atoms with van der Waals surface area (Å²) in [7, 11) is 1.56. The van der Waals surface area contributed by atoms with Gasteiger partial charge in [0.1, 0.15) is 5.69 Å². The van der Waals surface area contributed by atoms with Crippen LogP contribution in [0.3, 0.4) is 0 Å². The Morgan fingerprint density at radius 2 is 2.00 bits per heavy atom. The van der Waals surface area contributed by atoms with Gasteiger partial charge >= 0.3 is 0 Å². The molecule has 1 N–H and O–H groups in total. The highest BCUT2D eigenvalue weighted by Crippen LogP contribution is 2.19. The Hall–Kier alpha value is -1.73. The summed E-state index contributed by atoms with van der Waals surface area (Å²) >= 11 is 0. The minimum absolute atomic E-state index is 0.0966. The SMILES string of the molecule is COCCn1nc(C(=O)NCC(C)(C)N2CCCCC2)ccc1=O. The molecule has 7 nitrogen and oxygen atoms in total. The van der Waals surface area contributed by atoms with Crippen molar-refractivity contribution in [3.05, 3.63) is 28.2 Å². The van der Waals surface area contributed by atoms with Gasteiger partial charge in [0, 0.05) is 25.3 Å². The highest BCUT2D eigenvalue weighted by molar-refractivity contribution is 5.92. The topological polar surface area (TPSA) is 76.5 Å². The quantitative estimate of drug-likeness (QED) is 0.800. The summed E-state index contributed by atoms with van der Waals surface area (Å²) in [6.45, 7) is 7.68. The van der Waals surface area contributed by atoms with Gasteiger partial charge in [0.2, 0.25) is 0 Å². The van der Waals surface area contributed by atoms with Gasteiger partial charge < -0.3 is 10.1 Å². The molecule has 134 valence electrons. The second-order valence-electron chi connectivity index (χ2n) is 6.82. The predicted octanol–water partition coefficient (Wildman–Crippen LogP) is 0.884.